The minimum atomic E-state index is -2.87. The van der Waals surface area contributed by atoms with Gasteiger partial charge < -0.3 is 15.3 Å². The predicted octanol–water partition coefficient (Wildman–Crippen LogP) is 1.24. The molecule has 1 aliphatic carbocycles. The lowest BCUT2D eigenvalue weighted by Gasteiger charge is -2.37. The molecule has 0 bridgehead atoms. The van der Waals surface area contributed by atoms with Crippen LogP contribution in [0.2, 0.25) is 0 Å². The summed E-state index contributed by atoms with van der Waals surface area (Å²) < 4.78 is 28.4. The van der Waals surface area contributed by atoms with Crippen LogP contribution in [0.5, 0.6) is 5.88 Å². The van der Waals surface area contributed by atoms with E-state index < -0.39 is 47.8 Å². The zero-order chi connectivity index (χ0) is 22.5. The number of hydrogen-bond donors (Lipinski definition) is 2. The Morgan fingerprint density at radius 1 is 1.35 bits per heavy atom. The fourth-order valence-electron chi connectivity index (χ4n) is 3.48. The molecule has 0 aromatic carbocycles. The quantitative estimate of drug-likeness (QED) is 0.664. The summed E-state index contributed by atoms with van der Waals surface area (Å²) in [6.45, 7) is 2.81. The van der Waals surface area contributed by atoms with Gasteiger partial charge in [-0.3, -0.25) is 19.0 Å². The average Bonchev–Trinajstić information content (AvgIpc) is 3.36. The molecule has 2 aromatic heterocycles. The summed E-state index contributed by atoms with van der Waals surface area (Å²) in [4.78, 5) is 38.6. The first-order chi connectivity index (χ1) is 14.6. The van der Waals surface area contributed by atoms with Crippen molar-refractivity contribution in [2.24, 2.45) is 5.92 Å². The molecule has 0 unspecified atom stereocenters. The third-order valence-electron chi connectivity index (χ3n) is 5.16. The Morgan fingerprint density at radius 2 is 2.03 bits per heavy atom. The van der Waals surface area contributed by atoms with Crippen molar-refractivity contribution in [1.82, 2.24) is 24.4 Å². The predicted molar refractivity (Wildman–Crippen MR) is 107 cm³/mol. The summed E-state index contributed by atoms with van der Waals surface area (Å²) in [5.74, 6) is -4.55. The monoisotopic (exact) mass is 435 g/mol. The van der Waals surface area contributed by atoms with Gasteiger partial charge in [0, 0.05) is 24.2 Å². The molecule has 166 valence electrons. The lowest BCUT2D eigenvalue weighted by molar-refractivity contribution is -0.160. The molecular weight excluding hydrogens is 412 g/mol. The van der Waals surface area contributed by atoms with E-state index in [1.807, 2.05) is 13.8 Å². The number of carbonyl (C=O) groups excluding carboxylic acids is 2. The van der Waals surface area contributed by atoms with Gasteiger partial charge in [0.05, 0.1) is 19.3 Å². The number of aromatic hydroxyl groups is 1. The van der Waals surface area contributed by atoms with Crippen LogP contribution in [-0.4, -0.2) is 61.1 Å². The highest BCUT2D eigenvalue weighted by Crippen LogP contribution is 2.27. The number of aromatic nitrogens is 3. The van der Waals surface area contributed by atoms with Gasteiger partial charge in [0.25, 0.3) is 17.4 Å². The van der Waals surface area contributed by atoms with Gasteiger partial charge in [0.2, 0.25) is 11.8 Å². The van der Waals surface area contributed by atoms with Crippen molar-refractivity contribution in [1.29, 1.82) is 0 Å². The topological polar surface area (TPSA) is 109 Å². The molecule has 2 aliphatic rings. The second kappa shape index (κ2) is 7.47. The molecule has 3 heterocycles. The fraction of sp³-hybridized carbons (Fsp3) is 0.500. The first-order valence-electron chi connectivity index (χ1n) is 10.1. The second-order valence-corrected chi connectivity index (χ2v) is 8.47. The Morgan fingerprint density at radius 3 is 2.61 bits per heavy atom. The van der Waals surface area contributed by atoms with E-state index in [1.165, 1.54) is 16.8 Å². The number of likely N-dealkylation sites (tertiary alicyclic amines) is 1. The van der Waals surface area contributed by atoms with Crippen LogP contribution < -0.4 is 10.9 Å². The third-order valence-corrected chi connectivity index (χ3v) is 5.16. The summed E-state index contributed by atoms with van der Waals surface area (Å²) in [5, 5.41) is 17.6. The van der Waals surface area contributed by atoms with E-state index in [9.17, 15) is 28.3 Å². The summed E-state index contributed by atoms with van der Waals surface area (Å²) in [6.07, 6.45) is 5.46. The molecule has 1 saturated carbocycles. The van der Waals surface area contributed by atoms with Crippen LogP contribution >= 0.6 is 0 Å². The molecule has 4 rings (SSSR count). The molecule has 11 heteroatoms. The minimum absolute atomic E-state index is 0.00319. The van der Waals surface area contributed by atoms with Crippen molar-refractivity contribution >= 4 is 23.5 Å². The Balaban J connectivity index is 1.74. The first kappa shape index (κ1) is 21.0. The van der Waals surface area contributed by atoms with E-state index in [4.69, 9.17) is 0 Å². The van der Waals surface area contributed by atoms with Gasteiger partial charge in [0.1, 0.15) is 5.65 Å². The van der Waals surface area contributed by atoms with Gasteiger partial charge in [-0.25, -0.2) is 8.78 Å². The molecule has 1 saturated heterocycles. The zero-order valence-corrected chi connectivity index (χ0v) is 17.1. The van der Waals surface area contributed by atoms with Crippen molar-refractivity contribution in [3.8, 4) is 5.88 Å². The van der Waals surface area contributed by atoms with Crippen molar-refractivity contribution in [3.63, 3.8) is 0 Å². The van der Waals surface area contributed by atoms with Crippen LogP contribution in [0.15, 0.2) is 17.1 Å². The maximum atomic E-state index is 13.0. The van der Waals surface area contributed by atoms with Crippen LogP contribution in [-0.2, 0) is 11.3 Å². The number of rotatable bonds is 6. The normalized spacial score (nSPS) is 18.0. The first-order valence-corrected chi connectivity index (χ1v) is 10.1. The molecule has 0 spiro atoms. The number of hydrogen-bond acceptors (Lipinski definition) is 5. The highest BCUT2D eigenvalue weighted by Gasteiger charge is 2.45. The molecule has 2 aromatic rings. The van der Waals surface area contributed by atoms with Crippen LogP contribution in [0.3, 0.4) is 0 Å². The Kier molecular flexibility index (Phi) is 5.06. The van der Waals surface area contributed by atoms with E-state index in [0.717, 1.165) is 28.3 Å². The standard InChI is InChI=1S/C20H23F2N5O4/c1-11(2)8-26-17-12(3-6-14(28)25-9-20(21,22)10-25)7-23-27(17)19(31)15(18(26)30)16(29)24-13-4-5-13/h3,6-7,11,13,30H,4-5,8-10H2,1-2H3,(H,24,29)/b6-3+. The van der Waals surface area contributed by atoms with Gasteiger partial charge in [0.15, 0.2) is 5.56 Å². The molecule has 2 fully saturated rings. The third kappa shape index (κ3) is 4.04. The number of carbonyl (C=O) groups is 2. The summed E-state index contributed by atoms with van der Waals surface area (Å²) in [6, 6.07) is -0.00319. The summed E-state index contributed by atoms with van der Waals surface area (Å²) in [7, 11) is 0. The molecule has 31 heavy (non-hydrogen) atoms. The fourth-order valence-corrected chi connectivity index (χ4v) is 3.48. The van der Waals surface area contributed by atoms with E-state index >= 15 is 0 Å². The zero-order valence-electron chi connectivity index (χ0n) is 17.1. The number of amides is 2. The van der Waals surface area contributed by atoms with Crippen LogP contribution in [0.25, 0.3) is 11.7 Å². The molecule has 9 nitrogen and oxygen atoms in total. The van der Waals surface area contributed by atoms with Crippen LogP contribution in [0.4, 0.5) is 8.78 Å². The lowest BCUT2D eigenvalue weighted by atomic mass is 10.1. The highest BCUT2D eigenvalue weighted by atomic mass is 19.3. The minimum Gasteiger partial charge on any atom is -0.494 e. The van der Waals surface area contributed by atoms with Crippen molar-refractivity contribution in [2.45, 2.75) is 45.2 Å². The van der Waals surface area contributed by atoms with Gasteiger partial charge in [-0.1, -0.05) is 13.8 Å². The van der Waals surface area contributed by atoms with E-state index in [0.29, 0.717) is 5.56 Å². The molecule has 0 radical (unpaired) electrons. The summed E-state index contributed by atoms with van der Waals surface area (Å²) >= 11 is 0. The Bertz CT molecular complexity index is 1140. The van der Waals surface area contributed by atoms with Crippen molar-refractivity contribution in [3.05, 3.63) is 33.8 Å². The maximum Gasteiger partial charge on any atom is 0.291 e. The van der Waals surface area contributed by atoms with Crippen LogP contribution in [0.1, 0.15) is 42.6 Å². The van der Waals surface area contributed by atoms with E-state index in [-0.39, 0.29) is 24.2 Å². The Hall–Kier alpha value is -3.24. The summed E-state index contributed by atoms with van der Waals surface area (Å²) in [5.41, 5.74) is -0.628. The van der Waals surface area contributed by atoms with E-state index in [2.05, 4.69) is 10.4 Å². The SMILES string of the molecule is CC(C)Cn1c(O)c(C(=O)NC2CC2)c(=O)n2ncc(/C=C/C(=O)N3CC(F)(F)C3)c12. The van der Waals surface area contributed by atoms with Crippen molar-refractivity contribution < 1.29 is 23.5 Å². The number of nitrogens with zero attached hydrogens (tertiary/aromatic N) is 4. The molecule has 0 atom stereocenters. The Labute approximate surface area is 175 Å². The average molecular weight is 435 g/mol. The molecule has 1 aliphatic heterocycles. The number of alkyl halides is 2. The molecule has 2 N–H and O–H groups in total. The number of halogens is 2. The van der Waals surface area contributed by atoms with E-state index in [1.54, 1.807) is 0 Å². The smallest absolute Gasteiger partial charge is 0.291 e. The number of nitrogens with one attached hydrogen (secondary N) is 1. The molecular formula is C20H23F2N5O4. The maximum absolute atomic E-state index is 13.0. The lowest BCUT2D eigenvalue weighted by Crippen LogP contribution is -2.57. The number of fused-ring (bicyclic) bond motifs is 1. The second-order valence-electron chi connectivity index (χ2n) is 8.47. The van der Waals surface area contributed by atoms with Gasteiger partial charge in [-0.15, -0.1) is 0 Å². The van der Waals surface area contributed by atoms with Crippen molar-refractivity contribution in [2.75, 3.05) is 13.1 Å². The van der Waals surface area contributed by atoms with Crippen LogP contribution in [0, 0.1) is 5.92 Å². The highest BCUT2D eigenvalue weighted by molar-refractivity contribution is 5.97. The van der Waals surface area contributed by atoms with Gasteiger partial charge in [-0.05, 0) is 24.8 Å². The van der Waals surface area contributed by atoms with Gasteiger partial charge in [-0.2, -0.15) is 9.61 Å². The van der Waals surface area contributed by atoms with Gasteiger partial charge >= 0.3 is 0 Å². The largest absolute Gasteiger partial charge is 0.494 e. The molecule has 2 amide bonds.